The van der Waals surface area contributed by atoms with Gasteiger partial charge in [0.05, 0.1) is 11.8 Å². The summed E-state index contributed by atoms with van der Waals surface area (Å²) in [6, 6.07) is 9.44. The van der Waals surface area contributed by atoms with Crippen LogP contribution in [0.1, 0.15) is 24.3 Å². The van der Waals surface area contributed by atoms with E-state index in [1.165, 1.54) is 12.1 Å². The highest BCUT2D eigenvalue weighted by molar-refractivity contribution is 5.21. The number of aliphatic hydroxyl groups excluding tert-OH is 1. The number of likely N-dealkylation sites (N-methyl/N-ethyl adjacent to an activating group) is 1. The van der Waals surface area contributed by atoms with Gasteiger partial charge in [-0.25, -0.2) is 8.78 Å². The van der Waals surface area contributed by atoms with Crippen LogP contribution in [-0.4, -0.2) is 28.1 Å². The molecule has 0 spiro atoms. The van der Waals surface area contributed by atoms with Crippen LogP contribution in [0.15, 0.2) is 42.6 Å². The third-order valence-electron chi connectivity index (χ3n) is 3.33. The Hall–Kier alpha value is -1.85. The standard InChI is InChI=1S/C16H18F2N2O/c1-2-20(10-12-6-3-4-9-19-12)11-15(21)13-7-5-8-14(17)16(13)18/h3-9,15,21H,2,10-11H2,1H3. The first-order valence-corrected chi connectivity index (χ1v) is 6.86. The van der Waals surface area contributed by atoms with E-state index in [0.29, 0.717) is 13.1 Å². The van der Waals surface area contributed by atoms with Crippen molar-refractivity contribution in [2.24, 2.45) is 0 Å². The minimum atomic E-state index is -1.08. The van der Waals surface area contributed by atoms with Crippen LogP contribution in [0.2, 0.25) is 0 Å². The van der Waals surface area contributed by atoms with Gasteiger partial charge in [-0.1, -0.05) is 25.1 Å². The second kappa shape index (κ2) is 7.24. The zero-order valence-electron chi connectivity index (χ0n) is 11.8. The summed E-state index contributed by atoms with van der Waals surface area (Å²) in [7, 11) is 0. The first-order valence-electron chi connectivity index (χ1n) is 6.86. The monoisotopic (exact) mass is 292 g/mol. The summed E-state index contributed by atoms with van der Waals surface area (Å²) in [6.45, 7) is 3.38. The maximum absolute atomic E-state index is 13.7. The molecule has 1 aromatic carbocycles. The van der Waals surface area contributed by atoms with E-state index in [1.807, 2.05) is 30.0 Å². The van der Waals surface area contributed by atoms with Crippen molar-refractivity contribution < 1.29 is 13.9 Å². The molecule has 21 heavy (non-hydrogen) atoms. The van der Waals surface area contributed by atoms with Gasteiger partial charge in [0.25, 0.3) is 0 Å². The molecule has 0 amide bonds. The van der Waals surface area contributed by atoms with E-state index in [2.05, 4.69) is 4.98 Å². The molecule has 1 N–H and O–H groups in total. The molecule has 1 unspecified atom stereocenters. The third kappa shape index (κ3) is 4.06. The molecule has 112 valence electrons. The molecule has 0 radical (unpaired) electrons. The second-order valence-corrected chi connectivity index (χ2v) is 4.81. The number of benzene rings is 1. The third-order valence-corrected chi connectivity index (χ3v) is 3.33. The molecule has 2 rings (SSSR count). The number of aromatic nitrogens is 1. The van der Waals surface area contributed by atoms with Gasteiger partial charge in [-0.3, -0.25) is 9.88 Å². The lowest BCUT2D eigenvalue weighted by Gasteiger charge is -2.23. The Bertz CT molecular complexity index is 578. The molecule has 0 aliphatic rings. The minimum absolute atomic E-state index is 0.0190. The maximum atomic E-state index is 13.7. The van der Waals surface area contributed by atoms with Crippen molar-refractivity contribution in [1.82, 2.24) is 9.88 Å². The van der Waals surface area contributed by atoms with Crippen LogP contribution in [0.3, 0.4) is 0 Å². The molecular weight excluding hydrogens is 274 g/mol. The van der Waals surface area contributed by atoms with Gasteiger partial charge in [0, 0.05) is 24.8 Å². The van der Waals surface area contributed by atoms with E-state index in [4.69, 9.17) is 0 Å². The number of hydrogen-bond donors (Lipinski definition) is 1. The van der Waals surface area contributed by atoms with Crippen LogP contribution >= 0.6 is 0 Å². The summed E-state index contributed by atoms with van der Waals surface area (Å²) in [4.78, 5) is 6.15. The summed E-state index contributed by atoms with van der Waals surface area (Å²) < 4.78 is 26.9. The van der Waals surface area contributed by atoms with E-state index in [1.54, 1.807) is 6.20 Å². The largest absolute Gasteiger partial charge is 0.387 e. The summed E-state index contributed by atoms with van der Waals surface area (Å²) in [5, 5.41) is 10.1. The molecule has 0 saturated heterocycles. The van der Waals surface area contributed by atoms with Crippen LogP contribution in [0.4, 0.5) is 8.78 Å². The minimum Gasteiger partial charge on any atom is -0.387 e. The van der Waals surface area contributed by atoms with Crippen molar-refractivity contribution in [1.29, 1.82) is 0 Å². The van der Waals surface area contributed by atoms with Gasteiger partial charge < -0.3 is 5.11 Å². The van der Waals surface area contributed by atoms with Crippen molar-refractivity contribution >= 4 is 0 Å². The molecule has 1 aromatic heterocycles. The van der Waals surface area contributed by atoms with Crippen LogP contribution in [0.5, 0.6) is 0 Å². The molecule has 1 heterocycles. The molecule has 3 nitrogen and oxygen atoms in total. The molecule has 2 aromatic rings. The van der Waals surface area contributed by atoms with Crippen molar-refractivity contribution in [3.8, 4) is 0 Å². The van der Waals surface area contributed by atoms with E-state index in [-0.39, 0.29) is 12.1 Å². The van der Waals surface area contributed by atoms with E-state index in [0.717, 1.165) is 11.8 Å². The lowest BCUT2D eigenvalue weighted by atomic mass is 10.1. The lowest BCUT2D eigenvalue weighted by Crippen LogP contribution is -2.29. The van der Waals surface area contributed by atoms with Crippen LogP contribution < -0.4 is 0 Å². The molecule has 0 fully saturated rings. The quantitative estimate of drug-likeness (QED) is 0.889. The smallest absolute Gasteiger partial charge is 0.164 e. The van der Waals surface area contributed by atoms with Gasteiger partial charge in [-0.15, -0.1) is 0 Å². The lowest BCUT2D eigenvalue weighted by molar-refractivity contribution is 0.108. The van der Waals surface area contributed by atoms with Gasteiger partial charge in [0.1, 0.15) is 0 Å². The van der Waals surface area contributed by atoms with Crippen molar-refractivity contribution in [2.75, 3.05) is 13.1 Å². The number of rotatable bonds is 6. The fourth-order valence-electron chi connectivity index (χ4n) is 2.15. The highest BCUT2D eigenvalue weighted by Crippen LogP contribution is 2.20. The second-order valence-electron chi connectivity index (χ2n) is 4.81. The zero-order valence-corrected chi connectivity index (χ0v) is 11.8. The van der Waals surface area contributed by atoms with Crippen molar-refractivity contribution in [3.05, 3.63) is 65.5 Å². The Labute approximate surface area is 122 Å². The van der Waals surface area contributed by atoms with Crippen molar-refractivity contribution in [3.63, 3.8) is 0 Å². The summed E-state index contributed by atoms with van der Waals surface area (Å²) in [5.41, 5.74) is 0.848. The zero-order chi connectivity index (χ0) is 15.2. The molecular formula is C16H18F2N2O. The summed E-state index contributed by atoms with van der Waals surface area (Å²) in [6.07, 6.45) is 0.621. The van der Waals surface area contributed by atoms with E-state index >= 15 is 0 Å². The van der Waals surface area contributed by atoms with Crippen LogP contribution in [0.25, 0.3) is 0 Å². The average molecular weight is 292 g/mol. The predicted octanol–water partition coefficient (Wildman–Crippen LogP) is 2.92. The number of hydrogen-bond acceptors (Lipinski definition) is 3. The average Bonchev–Trinajstić information content (AvgIpc) is 2.50. The Morgan fingerprint density at radius 2 is 2.00 bits per heavy atom. The van der Waals surface area contributed by atoms with Crippen LogP contribution in [-0.2, 0) is 6.54 Å². The number of halogens is 2. The van der Waals surface area contributed by atoms with Crippen molar-refractivity contribution in [2.45, 2.75) is 19.6 Å². The number of nitrogens with zero attached hydrogens (tertiary/aromatic N) is 2. The highest BCUT2D eigenvalue weighted by atomic mass is 19.2. The normalized spacial score (nSPS) is 12.6. The maximum Gasteiger partial charge on any atom is 0.164 e. The predicted molar refractivity (Wildman–Crippen MR) is 76.5 cm³/mol. The Morgan fingerprint density at radius 1 is 1.19 bits per heavy atom. The highest BCUT2D eigenvalue weighted by Gasteiger charge is 2.18. The Kier molecular flexibility index (Phi) is 5.36. The molecule has 0 saturated carbocycles. The Morgan fingerprint density at radius 3 is 2.67 bits per heavy atom. The van der Waals surface area contributed by atoms with Gasteiger partial charge >= 0.3 is 0 Å². The van der Waals surface area contributed by atoms with Gasteiger partial charge in [0.2, 0.25) is 0 Å². The van der Waals surface area contributed by atoms with Gasteiger partial charge in [-0.05, 0) is 24.7 Å². The first kappa shape index (κ1) is 15.5. The summed E-state index contributed by atoms with van der Waals surface area (Å²) in [5.74, 6) is -1.93. The van der Waals surface area contributed by atoms with E-state index in [9.17, 15) is 13.9 Å². The molecule has 5 heteroatoms. The van der Waals surface area contributed by atoms with Crippen LogP contribution in [0, 0.1) is 11.6 Å². The Balaban J connectivity index is 2.06. The fourth-order valence-corrected chi connectivity index (χ4v) is 2.15. The van der Waals surface area contributed by atoms with Gasteiger partial charge in [-0.2, -0.15) is 0 Å². The topological polar surface area (TPSA) is 36.4 Å². The van der Waals surface area contributed by atoms with E-state index < -0.39 is 17.7 Å². The molecule has 0 bridgehead atoms. The fraction of sp³-hybridized carbons (Fsp3) is 0.312. The molecule has 0 aliphatic heterocycles. The first-order chi connectivity index (χ1) is 10.1. The SMILES string of the molecule is CCN(Cc1ccccn1)CC(O)c1cccc(F)c1F. The number of aliphatic hydroxyl groups is 1. The summed E-state index contributed by atoms with van der Waals surface area (Å²) >= 11 is 0. The molecule has 1 atom stereocenters. The molecule has 0 aliphatic carbocycles. The van der Waals surface area contributed by atoms with Gasteiger partial charge in [0.15, 0.2) is 11.6 Å². The number of pyridine rings is 1.